The van der Waals surface area contributed by atoms with Crippen LogP contribution in [0.2, 0.25) is 5.02 Å². The number of hydrogen-bond acceptors (Lipinski definition) is 6. The number of rotatable bonds is 4. The number of pyridine rings is 1. The number of aryl methyl sites for hydroxylation is 1. The SMILES string of the molecule is CCc1nnc(/N=C/c2c(O)n(-c3cccc(Cl)c3)c(=O)c3ccccc23)s1. The molecule has 2 aromatic heterocycles. The largest absolute Gasteiger partial charge is 0.494 e. The standard InChI is InChI=1S/C20H15ClN4O2S/c1-2-17-23-24-20(28-17)22-11-16-14-8-3-4-9-15(14)18(26)25(19(16)27)13-7-5-6-12(21)10-13/h3-11,27H,2H2,1H3/b22-11+. The highest BCUT2D eigenvalue weighted by molar-refractivity contribution is 7.14. The fourth-order valence-electron chi connectivity index (χ4n) is 2.90. The topological polar surface area (TPSA) is 80.4 Å². The van der Waals surface area contributed by atoms with Gasteiger partial charge < -0.3 is 5.11 Å². The quantitative estimate of drug-likeness (QED) is 0.502. The molecule has 4 rings (SSSR count). The Bertz CT molecular complexity index is 1260. The molecule has 0 fully saturated rings. The summed E-state index contributed by atoms with van der Waals surface area (Å²) in [6, 6.07) is 13.8. The van der Waals surface area contributed by atoms with Crippen LogP contribution in [0, 0.1) is 0 Å². The zero-order chi connectivity index (χ0) is 19.7. The summed E-state index contributed by atoms with van der Waals surface area (Å²) in [6.07, 6.45) is 2.29. The van der Waals surface area contributed by atoms with Crippen molar-refractivity contribution >= 4 is 45.1 Å². The van der Waals surface area contributed by atoms with Gasteiger partial charge in [-0.2, -0.15) is 0 Å². The highest BCUT2D eigenvalue weighted by atomic mass is 35.5. The molecule has 2 aromatic carbocycles. The van der Waals surface area contributed by atoms with Crippen molar-refractivity contribution in [3.63, 3.8) is 0 Å². The maximum Gasteiger partial charge on any atom is 0.265 e. The second-order valence-electron chi connectivity index (χ2n) is 5.99. The minimum atomic E-state index is -0.336. The van der Waals surface area contributed by atoms with Gasteiger partial charge in [-0.05, 0) is 30.7 Å². The Morgan fingerprint density at radius 2 is 1.96 bits per heavy atom. The van der Waals surface area contributed by atoms with Gasteiger partial charge in [0.2, 0.25) is 11.0 Å². The van der Waals surface area contributed by atoms with Gasteiger partial charge in [0.1, 0.15) is 5.01 Å². The summed E-state index contributed by atoms with van der Waals surface area (Å²) < 4.78 is 1.23. The van der Waals surface area contributed by atoms with E-state index in [1.54, 1.807) is 42.5 Å². The van der Waals surface area contributed by atoms with Crippen LogP contribution in [0.15, 0.2) is 58.3 Å². The minimum Gasteiger partial charge on any atom is -0.494 e. The van der Waals surface area contributed by atoms with E-state index in [0.717, 1.165) is 11.4 Å². The highest BCUT2D eigenvalue weighted by Gasteiger charge is 2.16. The molecule has 0 radical (unpaired) electrons. The average molecular weight is 411 g/mol. The van der Waals surface area contributed by atoms with Gasteiger partial charge in [0, 0.05) is 22.0 Å². The zero-order valence-corrected chi connectivity index (χ0v) is 16.4. The van der Waals surface area contributed by atoms with Gasteiger partial charge in [-0.15, -0.1) is 10.2 Å². The zero-order valence-electron chi connectivity index (χ0n) is 14.8. The van der Waals surface area contributed by atoms with Crippen LogP contribution in [0.3, 0.4) is 0 Å². The van der Waals surface area contributed by atoms with Crippen molar-refractivity contribution in [1.82, 2.24) is 14.8 Å². The van der Waals surface area contributed by atoms with Crippen LogP contribution in [-0.2, 0) is 6.42 Å². The van der Waals surface area contributed by atoms with E-state index in [1.807, 2.05) is 13.0 Å². The molecule has 0 aliphatic rings. The van der Waals surface area contributed by atoms with Crippen molar-refractivity contribution in [2.24, 2.45) is 4.99 Å². The Hall–Kier alpha value is -3.03. The molecule has 0 unspecified atom stereocenters. The Morgan fingerprint density at radius 3 is 2.68 bits per heavy atom. The van der Waals surface area contributed by atoms with Crippen LogP contribution in [0.5, 0.6) is 5.88 Å². The van der Waals surface area contributed by atoms with Gasteiger partial charge >= 0.3 is 0 Å². The van der Waals surface area contributed by atoms with E-state index in [0.29, 0.717) is 32.2 Å². The number of halogens is 1. The molecule has 0 saturated heterocycles. The molecule has 0 amide bonds. The fourth-order valence-corrected chi connectivity index (χ4v) is 3.71. The minimum absolute atomic E-state index is 0.213. The molecule has 0 aliphatic carbocycles. The molecule has 140 valence electrons. The molecule has 4 aromatic rings. The molecule has 6 nitrogen and oxygen atoms in total. The van der Waals surface area contributed by atoms with Crippen LogP contribution in [0.1, 0.15) is 17.5 Å². The predicted molar refractivity (Wildman–Crippen MR) is 113 cm³/mol. The second-order valence-corrected chi connectivity index (χ2v) is 7.47. The van der Waals surface area contributed by atoms with E-state index in [9.17, 15) is 9.90 Å². The number of nitrogens with zero attached hydrogens (tertiary/aromatic N) is 4. The predicted octanol–water partition coefficient (Wildman–Crippen LogP) is 4.51. The van der Waals surface area contributed by atoms with Crippen molar-refractivity contribution in [3.8, 4) is 11.6 Å². The first kappa shape index (κ1) is 18.3. The normalized spacial score (nSPS) is 11.5. The van der Waals surface area contributed by atoms with Crippen LogP contribution in [-0.4, -0.2) is 26.1 Å². The molecular formula is C20H15ClN4O2S. The van der Waals surface area contributed by atoms with Gasteiger partial charge in [0.25, 0.3) is 5.56 Å². The number of aliphatic imine (C=N–C) groups is 1. The van der Waals surface area contributed by atoms with Crippen molar-refractivity contribution in [2.45, 2.75) is 13.3 Å². The van der Waals surface area contributed by atoms with Gasteiger partial charge in [-0.1, -0.05) is 54.1 Å². The van der Waals surface area contributed by atoms with Gasteiger partial charge in [-0.3, -0.25) is 4.79 Å². The van der Waals surface area contributed by atoms with Crippen LogP contribution in [0.4, 0.5) is 5.13 Å². The molecule has 0 saturated carbocycles. The lowest BCUT2D eigenvalue weighted by atomic mass is 10.1. The summed E-state index contributed by atoms with van der Waals surface area (Å²) in [5, 5.41) is 21.9. The van der Waals surface area contributed by atoms with Crippen molar-refractivity contribution < 1.29 is 5.11 Å². The Morgan fingerprint density at radius 1 is 1.18 bits per heavy atom. The number of fused-ring (bicyclic) bond motifs is 1. The Labute approximate surface area is 169 Å². The fraction of sp³-hybridized carbons (Fsp3) is 0.100. The number of benzene rings is 2. The van der Waals surface area contributed by atoms with Gasteiger partial charge in [0.15, 0.2) is 0 Å². The maximum atomic E-state index is 13.0. The number of aromatic nitrogens is 3. The molecule has 1 N–H and O–H groups in total. The van der Waals surface area contributed by atoms with E-state index in [-0.39, 0.29) is 11.4 Å². The Balaban J connectivity index is 1.96. The average Bonchev–Trinajstić information content (AvgIpc) is 3.16. The summed E-state index contributed by atoms with van der Waals surface area (Å²) in [5.74, 6) is -0.213. The first-order valence-corrected chi connectivity index (χ1v) is 9.77. The molecule has 0 bridgehead atoms. The third-order valence-corrected chi connectivity index (χ3v) is 5.44. The molecule has 2 heterocycles. The lowest BCUT2D eigenvalue weighted by molar-refractivity contribution is 0.436. The monoisotopic (exact) mass is 410 g/mol. The molecule has 8 heteroatoms. The van der Waals surface area contributed by atoms with E-state index < -0.39 is 0 Å². The Kier molecular flexibility index (Phi) is 4.93. The molecule has 0 aliphatic heterocycles. The summed E-state index contributed by atoms with van der Waals surface area (Å²) in [4.78, 5) is 17.4. The van der Waals surface area contributed by atoms with Crippen LogP contribution in [0.25, 0.3) is 16.5 Å². The van der Waals surface area contributed by atoms with Crippen LogP contribution >= 0.6 is 22.9 Å². The van der Waals surface area contributed by atoms with Crippen molar-refractivity contribution in [3.05, 3.63) is 74.5 Å². The van der Waals surface area contributed by atoms with E-state index in [4.69, 9.17) is 11.6 Å². The van der Waals surface area contributed by atoms with E-state index in [1.165, 1.54) is 22.1 Å². The highest BCUT2D eigenvalue weighted by Crippen LogP contribution is 2.28. The summed E-state index contributed by atoms with van der Waals surface area (Å²) in [5.41, 5.74) is 0.555. The van der Waals surface area contributed by atoms with E-state index in [2.05, 4.69) is 15.2 Å². The van der Waals surface area contributed by atoms with Gasteiger partial charge in [0.05, 0.1) is 11.3 Å². The molecular weight excluding hydrogens is 396 g/mol. The summed E-state index contributed by atoms with van der Waals surface area (Å²) in [7, 11) is 0. The third kappa shape index (κ3) is 3.30. The lowest BCUT2D eigenvalue weighted by Crippen LogP contribution is -2.20. The first-order chi connectivity index (χ1) is 13.6. The summed E-state index contributed by atoms with van der Waals surface area (Å²) >= 11 is 7.46. The van der Waals surface area contributed by atoms with Gasteiger partial charge in [-0.25, -0.2) is 9.56 Å². The maximum absolute atomic E-state index is 13.0. The first-order valence-electron chi connectivity index (χ1n) is 8.57. The van der Waals surface area contributed by atoms with E-state index >= 15 is 0 Å². The smallest absolute Gasteiger partial charge is 0.265 e. The summed E-state index contributed by atoms with van der Waals surface area (Å²) in [6.45, 7) is 1.99. The molecule has 28 heavy (non-hydrogen) atoms. The second kappa shape index (κ2) is 7.53. The van der Waals surface area contributed by atoms with Crippen LogP contribution < -0.4 is 5.56 Å². The van der Waals surface area contributed by atoms with Crippen molar-refractivity contribution in [2.75, 3.05) is 0 Å². The third-order valence-electron chi connectivity index (χ3n) is 4.23. The number of hydrogen-bond donors (Lipinski definition) is 1. The lowest BCUT2D eigenvalue weighted by Gasteiger charge is -2.13. The number of aromatic hydroxyl groups is 1. The molecule has 0 atom stereocenters. The van der Waals surface area contributed by atoms with Crippen molar-refractivity contribution in [1.29, 1.82) is 0 Å². The molecule has 0 spiro atoms.